The zero-order valence-electron chi connectivity index (χ0n) is 30.3. The van der Waals surface area contributed by atoms with Gasteiger partial charge in [0.1, 0.15) is 0 Å². The van der Waals surface area contributed by atoms with Gasteiger partial charge in [-0.2, -0.15) is 0 Å². The Morgan fingerprint density at radius 2 is 1.08 bits per heavy atom. The first-order valence-electron chi connectivity index (χ1n) is 18.7. The summed E-state index contributed by atoms with van der Waals surface area (Å²) in [5.74, 6) is 0. The van der Waals surface area contributed by atoms with Crippen LogP contribution in [0.1, 0.15) is 76.3 Å². The molecule has 8 aromatic rings. The first kappa shape index (κ1) is 37.7. The van der Waals surface area contributed by atoms with Crippen molar-refractivity contribution in [2.45, 2.75) is 83.0 Å². The van der Waals surface area contributed by atoms with Crippen LogP contribution in [0.2, 0.25) is 0 Å². The molecule has 8 rings (SSSR count). The van der Waals surface area contributed by atoms with Crippen molar-refractivity contribution < 1.29 is 8.76 Å². The molecule has 3 aromatic heterocycles. The summed E-state index contributed by atoms with van der Waals surface area (Å²) in [6.45, 7) is 4.50. The summed E-state index contributed by atoms with van der Waals surface area (Å²) in [6.07, 6.45) is 12.3. The molecule has 268 valence electrons. The lowest BCUT2D eigenvalue weighted by molar-refractivity contribution is 0.537. The van der Waals surface area contributed by atoms with Crippen LogP contribution in [-0.4, -0.2) is 13.3 Å². The third kappa shape index (κ3) is 9.67. The molecule has 5 aromatic carbocycles. The Kier molecular flexibility index (Phi) is 13.9. The van der Waals surface area contributed by atoms with Crippen molar-refractivity contribution in [1.29, 1.82) is 0 Å². The second kappa shape index (κ2) is 19.1. The number of hydrogen-bond acceptors (Lipinski definition) is 4. The molecule has 1 atom stereocenters. The van der Waals surface area contributed by atoms with E-state index >= 15 is 0 Å². The monoisotopic (exact) mass is 742 g/mol. The molecule has 3 heterocycles. The molecule has 6 heteroatoms. The van der Waals surface area contributed by atoms with Gasteiger partial charge in [-0.05, 0) is 136 Å². The van der Waals surface area contributed by atoms with Crippen LogP contribution in [0.3, 0.4) is 0 Å². The third-order valence-electron chi connectivity index (χ3n) is 9.52. The Morgan fingerprint density at radius 1 is 0.558 bits per heavy atom. The average Bonchev–Trinajstić information content (AvgIpc) is 3.93. The molecule has 0 saturated heterocycles. The summed E-state index contributed by atoms with van der Waals surface area (Å²) in [7, 11) is 0. The van der Waals surface area contributed by atoms with E-state index in [1.54, 1.807) is 34.8 Å². The Balaban J connectivity index is 0.000000205. The number of thiophene rings is 2. The SMILES string of the molecule is CCCCCCc1ccc2c(c1)c1cc(CCCCCC)ccc1n2-c1cccc(S(=O)[O-])c1.c1ccc2sccc2c1.c1ccc2sccc2c1. The number of aryl methyl sites for hydroxylation is 2. The number of unbranched alkanes of at least 4 members (excludes halogenated alkanes) is 6. The topological polar surface area (TPSA) is 45.1 Å². The molecule has 0 radical (unpaired) electrons. The fourth-order valence-electron chi connectivity index (χ4n) is 6.76. The molecule has 52 heavy (non-hydrogen) atoms. The van der Waals surface area contributed by atoms with Gasteiger partial charge in [-0.15, -0.1) is 22.7 Å². The minimum Gasteiger partial charge on any atom is -0.768 e. The third-order valence-corrected chi connectivity index (χ3v) is 12.0. The lowest BCUT2D eigenvalue weighted by atomic mass is 10.0. The van der Waals surface area contributed by atoms with E-state index < -0.39 is 11.1 Å². The number of nitrogens with zero attached hydrogens (tertiary/aromatic N) is 1. The van der Waals surface area contributed by atoms with Crippen molar-refractivity contribution in [2.75, 3.05) is 0 Å². The van der Waals surface area contributed by atoms with Crippen molar-refractivity contribution in [1.82, 2.24) is 4.57 Å². The van der Waals surface area contributed by atoms with E-state index in [0.29, 0.717) is 4.90 Å². The molecule has 0 spiro atoms. The van der Waals surface area contributed by atoms with Crippen LogP contribution in [0.15, 0.2) is 137 Å². The maximum Gasteiger partial charge on any atom is 0.0541 e. The van der Waals surface area contributed by atoms with Gasteiger partial charge in [0.25, 0.3) is 0 Å². The first-order chi connectivity index (χ1) is 25.6. The van der Waals surface area contributed by atoms with Crippen LogP contribution in [0, 0.1) is 0 Å². The molecule has 0 aliphatic heterocycles. The van der Waals surface area contributed by atoms with Gasteiger partial charge in [-0.3, -0.25) is 4.21 Å². The lowest BCUT2D eigenvalue weighted by Crippen LogP contribution is -1.97. The molecule has 0 saturated carbocycles. The fourth-order valence-corrected chi connectivity index (χ4v) is 8.74. The normalized spacial score (nSPS) is 11.8. The zero-order chi connectivity index (χ0) is 36.1. The summed E-state index contributed by atoms with van der Waals surface area (Å²) in [6, 6.07) is 41.9. The van der Waals surface area contributed by atoms with Gasteiger partial charge in [0.05, 0.1) is 11.0 Å². The molecule has 0 aliphatic carbocycles. The zero-order valence-corrected chi connectivity index (χ0v) is 32.7. The number of hydrogen-bond donors (Lipinski definition) is 0. The van der Waals surface area contributed by atoms with E-state index in [4.69, 9.17) is 0 Å². The molecule has 0 fully saturated rings. The van der Waals surface area contributed by atoms with E-state index in [1.807, 2.05) is 12.1 Å². The number of fused-ring (bicyclic) bond motifs is 5. The van der Waals surface area contributed by atoms with Crippen LogP contribution in [0.5, 0.6) is 0 Å². The van der Waals surface area contributed by atoms with Crippen molar-refractivity contribution >= 4 is 75.7 Å². The van der Waals surface area contributed by atoms with Crippen LogP contribution < -0.4 is 0 Å². The summed E-state index contributed by atoms with van der Waals surface area (Å²) in [5, 5.41) is 9.44. The van der Waals surface area contributed by atoms with E-state index in [-0.39, 0.29) is 0 Å². The summed E-state index contributed by atoms with van der Waals surface area (Å²) in [5.41, 5.74) is 5.90. The second-order valence-corrected chi connectivity index (χ2v) is 16.1. The van der Waals surface area contributed by atoms with Crippen LogP contribution in [0.4, 0.5) is 0 Å². The largest absolute Gasteiger partial charge is 0.768 e. The minimum atomic E-state index is -2.25. The van der Waals surface area contributed by atoms with Crippen molar-refractivity contribution in [3.63, 3.8) is 0 Å². The second-order valence-electron chi connectivity index (χ2n) is 13.3. The van der Waals surface area contributed by atoms with E-state index in [0.717, 1.165) is 29.6 Å². The maximum atomic E-state index is 11.6. The van der Waals surface area contributed by atoms with Gasteiger partial charge in [0.15, 0.2) is 0 Å². The molecule has 0 amide bonds. The highest BCUT2D eigenvalue weighted by Crippen LogP contribution is 2.34. The van der Waals surface area contributed by atoms with Crippen molar-refractivity contribution in [3.8, 4) is 5.69 Å². The lowest BCUT2D eigenvalue weighted by Gasteiger charge is -2.11. The highest BCUT2D eigenvalue weighted by molar-refractivity contribution is 7.79. The molecule has 3 nitrogen and oxygen atoms in total. The van der Waals surface area contributed by atoms with Gasteiger partial charge < -0.3 is 9.12 Å². The average molecular weight is 743 g/mol. The summed E-state index contributed by atoms with van der Waals surface area (Å²) in [4.78, 5) is 0.313. The highest BCUT2D eigenvalue weighted by Gasteiger charge is 2.14. The summed E-state index contributed by atoms with van der Waals surface area (Å²) < 4.78 is 28.2. The molecule has 1 unspecified atom stereocenters. The quantitative estimate of drug-likeness (QED) is 0.0924. The Bertz CT molecular complexity index is 2150. The minimum absolute atomic E-state index is 0.313. The van der Waals surface area contributed by atoms with Crippen LogP contribution in [0.25, 0.3) is 47.7 Å². The van der Waals surface area contributed by atoms with Gasteiger partial charge in [-0.25, -0.2) is 0 Å². The number of benzene rings is 5. The van der Waals surface area contributed by atoms with Crippen molar-refractivity contribution in [2.24, 2.45) is 0 Å². The number of rotatable bonds is 12. The van der Waals surface area contributed by atoms with Crippen LogP contribution in [-0.2, 0) is 23.9 Å². The van der Waals surface area contributed by atoms with Gasteiger partial charge in [0.2, 0.25) is 0 Å². The Morgan fingerprint density at radius 3 is 1.56 bits per heavy atom. The standard InChI is InChI=1S/C30H37NO2S.2C8H6S/c1-3-5-7-9-12-23-16-18-29-27(20-23)28-21-24(13-10-8-6-4-2)17-19-30(28)31(29)25-14-11-15-26(22-25)34(32)33;2*1-2-4-8-7(3-1)5-6-9-8/h11,14-22H,3-10,12-13H2,1-2H3,(H,32,33);2*1-6H/p-1. The molecule has 0 aliphatic rings. The van der Waals surface area contributed by atoms with Gasteiger partial charge in [-0.1, -0.05) is 107 Å². The predicted molar refractivity (Wildman–Crippen MR) is 227 cm³/mol. The van der Waals surface area contributed by atoms with E-state index in [1.165, 1.54) is 93.4 Å². The van der Waals surface area contributed by atoms with Gasteiger partial charge >= 0.3 is 0 Å². The smallest absolute Gasteiger partial charge is 0.0541 e. The molecular weight excluding hydrogens is 695 g/mol. The Hall–Kier alpha value is -4.07. The highest BCUT2D eigenvalue weighted by atomic mass is 32.2. The number of aromatic nitrogens is 1. The van der Waals surface area contributed by atoms with E-state index in [2.05, 4.69) is 126 Å². The first-order valence-corrected chi connectivity index (χ1v) is 21.5. The summed E-state index contributed by atoms with van der Waals surface area (Å²) >= 11 is 1.32. The maximum absolute atomic E-state index is 11.6. The molecule has 0 bridgehead atoms. The molecule has 0 N–H and O–H groups in total. The van der Waals surface area contributed by atoms with Gasteiger partial charge in [0, 0.05) is 30.8 Å². The Labute approximate surface area is 319 Å². The van der Waals surface area contributed by atoms with E-state index in [9.17, 15) is 8.76 Å². The van der Waals surface area contributed by atoms with Crippen molar-refractivity contribution in [3.05, 3.63) is 143 Å². The molecular formula is C46H48NO2S3-. The van der Waals surface area contributed by atoms with Crippen LogP contribution >= 0.6 is 22.7 Å². The predicted octanol–water partition coefficient (Wildman–Crippen LogP) is 14.1. The fraction of sp³-hybridized carbons (Fsp3) is 0.261.